The fraction of sp³-hybridized carbons (Fsp3) is 0.889. The maximum Gasteiger partial charge on any atom is 0.0934 e. The van der Waals surface area contributed by atoms with Crippen molar-refractivity contribution in [3.8, 4) is 0 Å². The van der Waals surface area contributed by atoms with Crippen molar-refractivity contribution in [1.82, 2.24) is 4.90 Å². The van der Waals surface area contributed by atoms with Gasteiger partial charge in [-0.25, -0.2) is 0 Å². The summed E-state index contributed by atoms with van der Waals surface area (Å²) < 4.78 is 12.6. The molecule has 0 aromatic carbocycles. The summed E-state index contributed by atoms with van der Waals surface area (Å²) in [5, 5.41) is 0. The Hall–Kier alpha value is -0.900. The molecule has 0 bridgehead atoms. The van der Waals surface area contributed by atoms with E-state index in [1.807, 2.05) is 5.57 Å². The van der Waals surface area contributed by atoms with Gasteiger partial charge in [0.2, 0.25) is 0 Å². The number of fused-ring (bicyclic) bond motifs is 5. The van der Waals surface area contributed by atoms with Crippen LogP contribution in [0, 0.1) is 52.3 Å². The molecule has 3 heteroatoms. The molecule has 4 rings (SSSR count). The molecule has 0 heterocycles. The predicted molar refractivity (Wildman–Crippen MR) is 249 cm³/mol. The molecule has 0 radical (unpaired) electrons. The van der Waals surface area contributed by atoms with Crippen molar-refractivity contribution in [2.45, 2.75) is 215 Å². The van der Waals surface area contributed by atoms with E-state index in [1.54, 1.807) is 0 Å². The Labute approximate surface area is 356 Å². The van der Waals surface area contributed by atoms with Crippen LogP contribution >= 0.6 is 0 Å². The lowest BCUT2D eigenvalue weighted by molar-refractivity contribution is -0.0531. The maximum atomic E-state index is 6.44. The zero-order valence-corrected chi connectivity index (χ0v) is 39.5. The van der Waals surface area contributed by atoms with Gasteiger partial charge < -0.3 is 14.4 Å². The molecule has 4 aliphatic carbocycles. The van der Waals surface area contributed by atoms with Crippen LogP contribution in [-0.2, 0) is 9.47 Å². The van der Waals surface area contributed by atoms with Gasteiger partial charge in [-0.1, -0.05) is 148 Å². The highest BCUT2D eigenvalue weighted by molar-refractivity contribution is 5.25. The fourth-order valence-electron chi connectivity index (χ4n) is 12.8. The van der Waals surface area contributed by atoms with Crippen molar-refractivity contribution < 1.29 is 9.47 Å². The van der Waals surface area contributed by atoms with Crippen LogP contribution in [0.15, 0.2) is 36.0 Å². The van der Waals surface area contributed by atoms with Gasteiger partial charge in [0.15, 0.2) is 0 Å². The third kappa shape index (κ3) is 15.8. The highest BCUT2D eigenvalue weighted by atomic mass is 16.5. The lowest BCUT2D eigenvalue weighted by Gasteiger charge is -2.58. The van der Waals surface area contributed by atoms with Crippen LogP contribution in [0.5, 0.6) is 0 Å². The quantitative estimate of drug-likeness (QED) is 0.0534. The van der Waals surface area contributed by atoms with Gasteiger partial charge in [0.1, 0.15) is 0 Å². The zero-order chi connectivity index (χ0) is 40.9. The largest absolute Gasteiger partial charge is 0.379 e. The van der Waals surface area contributed by atoms with Crippen LogP contribution < -0.4 is 0 Å². The molecule has 9 atom stereocenters. The van der Waals surface area contributed by atoms with E-state index in [-0.39, 0.29) is 6.10 Å². The molecule has 0 spiro atoms. The summed E-state index contributed by atoms with van der Waals surface area (Å²) in [4.78, 5) is 2.25. The first-order valence-corrected chi connectivity index (χ1v) is 25.4. The average Bonchev–Trinajstić information content (AvgIpc) is 3.54. The number of unbranched alkanes of at least 4 members (excludes halogenated alkanes) is 10. The minimum atomic E-state index is 0.181. The van der Waals surface area contributed by atoms with Crippen LogP contribution in [0.25, 0.3) is 0 Å². The number of likely N-dealkylation sites (N-methyl/N-ethyl adjacent to an activating group) is 1. The Kier molecular flexibility index (Phi) is 22.6. The molecule has 9 unspecified atom stereocenters. The lowest BCUT2D eigenvalue weighted by Crippen LogP contribution is -2.50. The Balaban J connectivity index is 1.05. The smallest absolute Gasteiger partial charge is 0.0934 e. The molecule has 0 aromatic heterocycles. The van der Waals surface area contributed by atoms with Crippen molar-refractivity contribution >= 4 is 0 Å². The van der Waals surface area contributed by atoms with E-state index < -0.39 is 0 Å². The molecule has 0 amide bonds. The van der Waals surface area contributed by atoms with Crippen molar-refractivity contribution in [2.75, 3.05) is 40.5 Å². The molecule has 4 aliphatic rings. The minimum absolute atomic E-state index is 0.181. The highest BCUT2D eigenvalue weighted by Crippen LogP contribution is 2.67. The SMILES string of the molecule is CCCCCC=CCC=CCCCCCCCCOCC(CN(C)C)OCCCCC1CCC2(C)C(=CCC3C2CCC2(C)C(C(C)CCCC(C)C)CCC32)C1. The van der Waals surface area contributed by atoms with Crippen molar-refractivity contribution in [2.24, 2.45) is 52.3 Å². The van der Waals surface area contributed by atoms with Crippen LogP contribution in [0.3, 0.4) is 0 Å². The zero-order valence-electron chi connectivity index (χ0n) is 39.5. The van der Waals surface area contributed by atoms with E-state index in [1.165, 1.54) is 161 Å². The Morgan fingerprint density at radius 2 is 1.47 bits per heavy atom. The van der Waals surface area contributed by atoms with Gasteiger partial charge in [0.05, 0.1) is 12.7 Å². The van der Waals surface area contributed by atoms with Crippen LogP contribution in [0.1, 0.15) is 208 Å². The number of allylic oxidation sites excluding steroid dienone is 6. The van der Waals surface area contributed by atoms with Crippen molar-refractivity contribution in [1.29, 1.82) is 0 Å². The van der Waals surface area contributed by atoms with E-state index in [9.17, 15) is 0 Å². The van der Waals surface area contributed by atoms with Crippen molar-refractivity contribution in [3.63, 3.8) is 0 Å². The fourth-order valence-corrected chi connectivity index (χ4v) is 12.8. The van der Waals surface area contributed by atoms with Crippen LogP contribution in [0.2, 0.25) is 0 Å². The van der Waals surface area contributed by atoms with Crippen LogP contribution in [-0.4, -0.2) is 51.5 Å². The molecule has 3 saturated carbocycles. The molecule has 3 fully saturated rings. The Bertz CT molecular complexity index is 1150. The van der Waals surface area contributed by atoms with E-state index >= 15 is 0 Å². The minimum Gasteiger partial charge on any atom is -0.379 e. The number of hydrogen-bond donors (Lipinski definition) is 0. The highest BCUT2D eigenvalue weighted by Gasteiger charge is 2.59. The van der Waals surface area contributed by atoms with E-state index in [0.717, 1.165) is 74.2 Å². The summed E-state index contributed by atoms with van der Waals surface area (Å²) in [6.07, 6.45) is 47.7. The molecule has 0 aromatic rings. The second-order valence-electron chi connectivity index (χ2n) is 21.3. The van der Waals surface area contributed by atoms with Crippen molar-refractivity contribution in [3.05, 3.63) is 36.0 Å². The predicted octanol–water partition coefficient (Wildman–Crippen LogP) is 15.6. The van der Waals surface area contributed by atoms with Gasteiger partial charge in [-0.2, -0.15) is 0 Å². The summed E-state index contributed by atoms with van der Waals surface area (Å²) in [5.41, 5.74) is 2.95. The third-order valence-corrected chi connectivity index (χ3v) is 16.1. The second-order valence-corrected chi connectivity index (χ2v) is 21.3. The normalized spacial score (nSPS) is 29.9. The standard InChI is InChI=1S/C54H97NO2/c1-9-10-11-12-13-14-15-16-17-18-19-20-21-22-23-25-39-56-43-48(42-55(7)8)57-40-26-24-30-46-35-37-53(5)47(41-46)31-32-49-51-34-33-50(45(4)29-27-28-44(2)3)54(51,6)38-36-52(49)53/h13-14,16-17,31,44-46,48-52H,9-12,15,18-30,32-43H2,1-8H3. The van der Waals surface area contributed by atoms with E-state index in [4.69, 9.17) is 9.47 Å². The molecule has 330 valence electrons. The molecular weight excluding hydrogens is 695 g/mol. The van der Waals surface area contributed by atoms with E-state index in [0.29, 0.717) is 10.8 Å². The van der Waals surface area contributed by atoms with Crippen LogP contribution in [0.4, 0.5) is 0 Å². The summed E-state index contributed by atoms with van der Waals surface area (Å²) in [5.74, 6) is 6.46. The third-order valence-electron chi connectivity index (χ3n) is 16.1. The number of nitrogens with zero attached hydrogens (tertiary/aromatic N) is 1. The molecule has 0 N–H and O–H groups in total. The summed E-state index contributed by atoms with van der Waals surface area (Å²) >= 11 is 0. The molecule has 57 heavy (non-hydrogen) atoms. The molecule has 0 saturated heterocycles. The van der Waals surface area contributed by atoms with Gasteiger partial charge >= 0.3 is 0 Å². The summed E-state index contributed by atoms with van der Waals surface area (Å²) in [6, 6.07) is 0. The topological polar surface area (TPSA) is 21.7 Å². The lowest BCUT2D eigenvalue weighted by atomic mass is 9.46. The average molecular weight is 792 g/mol. The number of rotatable bonds is 30. The van der Waals surface area contributed by atoms with Gasteiger partial charge in [-0.05, 0) is 163 Å². The second kappa shape index (κ2) is 26.4. The monoisotopic (exact) mass is 792 g/mol. The molecular formula is C54H97NO2. The Morgan fingerprint density at radius 3 is 2.21 bits per heavy atom. The van der Waals surface area contributed by atoms with Gasteiger partial charge in [-0.3, -0.25) is 0 Å². The first kappa shape index (κ1) is 48.8. The number of ether oxygens (including phenoxy) is 2. The number of hydrogen-bond acceptors (Lipinski definition) is 3. The van der Waals surface area contributed by atoms with E-state index in [2.05, 4.69) is 90.9 Å². The molecule has 0 aliphatic heterocycles. The van der Waals surface area contributed by atoms with Gasteiger partial charge in [0, 0.05) is 19.8 Å². The Morgan fingerprint density at radius 1 is 0.754 bits per heavy atom. The first-order valence-electron chi connectivity index (χ1n) is 25.4. The van der Waals surface area contributed by atoms with Gasteiger partial charge in [-0.15, -0.1) is 0 Å². The first-order chi connectivity index (χ1) is 27.6. The van der Waals surface area contributed by atoms with Gasteiger partial charge in [0.25, 0.3) is 0 Å². The maximum absolute atomic E-state index is 6.44. The molecule has 3 nitrogen and oxygen atoms in total. The summed E-state index contributed by atoms with van der Waals surface area (Å²) in [7, 11) is 4.31. The summed E-state index contributed by atoms with van der Waals surface area (Å²) in [6.45, 7) is 18.6.